The number of methoxy groups -OCH3 is 1. The molecule has 0 aromatic carbocycles. The van der Waals surface area contributed by atoms with Gasteiger partial charge < -0.3 is 24.8 Å². The number of ether oxygens (including phenoxy) is 2. The van der Waals surface area contributed by atoms with E-state index in [0.29, 0.717) is 25.9 Å². The summed E-state index contributed by atoms with van der Waals surface area (Å²) in [5, 5.41) is 13.4. The molecular formula is C15H32N2O3. The van der Waals surface area contributed by atoms with E-state index in [0.717, 1.165) is 32.1 Å². The minimum Gasteiger partial charge on any atom is -0.389 e. The second kappa shape index (κ2) is 10.5. The number of β-amino-alcohol motifs (C(OH)–C–C–N with tert-alkyl or cyclic N) is 1. The van der Waals surface area contributed by atoms with Crippen molar-refractivity contribution in [3.8, 4) is 0 Å². The van der Waals surface area contributed by atoms with Crippen LogP contribution in [0.4, 0.5) is 0 Å². The van der Waals surface area contributed by atoms with Gasteiger partial charge in [-0.2, -0.15) is 0 Å². The van der Waals surface area contributed by atoms with Gasteiger partial charge in [0.1, 0.15) is 0 Å². The Kier molecular flexibility index (Phi) is 9.39. The van der Waals surface area contributed by atoms with Crippen LogP contribution in [0.25, 0.3) is 0 Å². The summed E-state index contributed by atoms with van der Waals surface area (Å²) in [5.74, 6) is 0.781. The van der Waals surface area contributed by atoms with Crippen LogP contribution in [0.5, 0.6) is 0 Å². The molecule has 1 heterocycles. The van der Waals surface area contributed by atoms with E-state index in [-0.39, 0.29) is 0 Å². The van der Waals surface area contributed by atoms with Gasteiger partial charge in [0.15, 0.2) is 0 Å². The van der Waals surface area contributed by atoms with E-state index in [1.54, 1.807) is 7.11 Å². The Morgan fingerprint density at radius 2 is 1.95 bits per heavy atom. The zero-order valence-corrected chi connectivity index (χ0v) is 13.3. The molecule has 20 heavy (non-hydrogen) atoms. The van der Waals surface area contributed by atoms with Crippen LogP contribution in [0.2, 0.25) is 0 Å². The molecule has 5 nitrogen and oxygen atoms in total. The van der Waals surface area contributed by atoms with E-state index in [2.05, 4.69) is 24.1 Å². The maximum atomic E-state index is 9.92. The lowest BCUT2D eigenvalue weighted by atomic mass is 9.96. The van der Waals surface area contributed by atoms with E-state index in [4.69, 9.17) is 9.47 Å². The molecule has 2 N–H and O–H groups in total. The lowest BCUT2D eigenvalue weighted by molar-refractivity contribution is -0.00460. The van der Waals surface area contributed by atoms with Gasteiger partial charge in [-0.3, -0.25) is 0 Å². The van der Waals surface area contributed by atoms with Gasteiger partial charge in [0.25, 0.3) is 0 Å². The predicted octanol–water partition coefficient (Wildman–Crippen LogP) is 0.720. The third kappa shape index (κ3) is 8.17. The average molecular weight is 288 g/mol. The van der Waals surface area contributed by atoms with Gasteiger partial charge in [0.2, 0.25) is 0 Å². The van der Waals surface area contributed by atoms with Crippen molar-refractivity contribution < 1.29 is 14.6 Å². The zero-order chi connectivity index (χ0) is 14.8. The fourth-order valence-electron chi connectivity index (χ4n) is 2.49. The molecule has 0 spiro atoms. The lowest BCUT2D eigenvalue weighted by Crippen LogP contribution is -2.42. The number of rotatable bonds is 10. The molecule has 1 fully saturated rings. The Morgan fingerprint density at radius 1 is 1.25 bits per heavy atom. The number of nitrogens with one attached hydrogen (secondary N) is 1. The zero-order valence-electron chi connectivity index (χ0n) is 13.3. The number of aliphatic hydroxyl groups excluding tert-OH is 1. The molecule has 0 amide bonds. The Labute approximate surface area is 123 Å². The van der Waals surface area contributed by atoms with Crippen molar-refractivity contribution in [2.75, 3.05) is 53.1 Å². The van der Waals surface area contributed by atoms with Gasteiger partial charge in [-0.25, -0.2) is 0 Å². The van der Waals surface area contributed by atoms with Crippen molar-refractivity contribution >= 4 is 0 Å². The lowest BCUT2D eigenvalue weighted by Gasteiger charge is -2.33. The molecule has 1 saturated heterocycles. The maximum absolute atomic E-state index is 9.92. The third-order valence-corrected chi connectivity index (χ3v) is 3.73. The van der Waals surface area contributed by atoms with Crippen molar-refractivity contribution in [1.82, 2.24) is 10.2 Å². The van der Waals surface area contributed by atoms with Crippen LogP contribution in [0.3, 0.4) is 0 Å². The van der Waals surface area contributed by atoms with Crippen molar-refractivity contribution in [2.45, 2.75) is 38.8 Å². The fourth-order valence-corrected chi connectivity index (χ4v) is 2.49. The smallest absolute Gasteiger partial charge is 0.0900 e. The molecule has 120 valence electrons. The maximum Gasteiger partial charge on any atom is 0.0900 e. The number of likely N-dealkylation sites (tertiary alicyclic amines) is 1. The highest BCUT2D eigenvalue weighted by Gasteiger charge is 2.20. The predicted molar refractivity (Wildman–Crippen MR) is 81.0 cm³/mol. The molecule has 1 aliphatic heterocycles. The molecule has 1 aliphatic rings. The number of hydrogen-bond donors (Lipinski definition) is 2. The van der Waals surface area contributed by atoms with Crippen LogP contribution >= 0.6 is 0 Å². The molecule has 0 bridgehead atoms. The molecule has 0 aromatic rings. The largest absolute Gasteiger partial charge is 0.389 e. The summed E-state index contributed by atoms with van der Waals surface area (Å²) in [6.45, 7) is 9.92. The molecule has 1 rings (SSSR count). The number of hydrogen-bond acceptors (Lipinski definition) is 5. The molecule has 0 aromatic heterocycles. The van der Waals surface area contributed by atoms with Crippen LogP contribution in [-0.4, -0.2) is 75.3 Å². The van der Waals surface area contributed by atoms with Crippen LogP contribution in [-0.2, 0) is 9.47 Å². The molecule has 5 heteroatoms. The monoisotopic (exact) mass is 288 g/mol. The summed E-state index contributed by atoms with van der Waals surface area (Å²) in [6, 6.07) is 0.569. The Hall–Kier alpha value is -0.200. The van der Waals surface area contributed by atoms with Crippen molar-refractivity contribution in [2.24, 2.45) is 5.92 Å². The molecular weight excluding hydrogens is 256 g/mol. The van der Waals surface area contributed by atoms with E-state index < -0.39 is 6.10 Å². The van der Waals surface area contributed by atoms with Gasteiger partial charge in [-0.05, 0) is 38.4 Å². The van der Waals surface area contributed by atoms with Crippen molar-refractivity contribution in [1.29, 1.82) is 0 Å². The van der Waals surface area contributed by atoms with Crippen LogP contribution in [0.1, 0.15) is 26.7 Å². The Balaban J connectivity index is 2.06. The quantitative estimate of drug-likeness (QED) is 0.580. The summed E-state index contributed by atoms with van der Waals surface area (Å²) in [7, 11) is 1.65. The van der Waals surface area contributed by atoms with Gasteiger partial charge in [-0.15, -0.1) is 0 Å². The first kappa shape index (κ1) is 17.9. The van der Waals surface area contributed by atoms with Crippen molar-refractivity contribution in [3.63, 3.8) is 0 Å². The van der Waals surface area contributed by atoms with E-state index in [1.807, 2.05) is 0 Å². The summed E-state index contributed by atoms with van der Waals surface area (Å²) in [4.78, 5) is 2.34. The van der Waals surface area contributed by atoms with Gasteiger partial charge in [-0.1, -0.05) is 13.8 Å². The normalized spacial score (nSPS) is 19.6. The van der Waals surface area contributed by atoms with Gasteiger partial charge in [0, 0.05) is 19.7 Å². The minimum absolute atomic E-state index is 0.391. The number of nitrogens with zero attached hydrogens (tertiary/aromatic N) is 1. The molecule has 1 unspecified atom stereocenters. The first-order valence-corrected chi connectivity index (χ1v) is 7.82. The highest BCUT2D eigenvalue weighted by molar-refractivity contribution is 4.76. The van der Waals surface area contributed by atoms with Crippen molar-refractivity contribution in [3.05, 3.63) is 0 Å². The summed E-state index contributed by atoms with van der Waals surface area (Å²) >= 11 is 0. The highest BCUT2D eigenvalue weighted by atomic mass is 16.5. The first-order valence-electron chi connectivity index (χ1n) is 7.82. The highest BCUT2D eigenvalue weighted by Crippen LogP contribution is 2.16. The summed E-state index contributed by atoms with van der Waals surface area (Å²) in [6.07, 6.45) is 2.05. The second-order valence-electron chi connectivity index (χ2n) is 6.03. The average Bonchev–Trinajstić information content (AvgIpc) is 2.43. The van der Waals surface area contributed by atoms with E-state index >= 15 is 0 Å². The van der Waals surface area contributed by atoms with Crippen LogP contribution in [0.15, 0.2) is 0 Å². The number of aliphatic hydroxyl groups is 1. The van der Waals surface area contributed by atoms with E-state index in [9.17, 15) is 5.11 Å². The summed E-state index contributed by atoms with van der Waals surface area (Å²) < 4.78 is 10.3. The van der Waals surface area contributed by atoms with Crippen LogP contribution < -0.4 is 5.32 Å². The number of piperidine rings is 1. The van der Waals surface area contributed by atoms with E-state index in [1.165, 1.54) is 12.8 Å². The minimum atomic E-state index is -0.391. The molecule has 0 aliphatic carbocycles. The standard InChI is InChI=1S/C15H32N2O3/c1-13(2)16-10-14-4-6-17(7-5-14)11-15(18)12-20-9-8-19-3/h13-16,18H,4-12H2,1-3H3. The molecule has 0 radical (unpaired) electrons. The van der Waals surface area contributed by atoms with Crippen LogP contribution in [0, 0.1) is 5.92 Å². The topological polar surface area (TPSA) is 54.0 Å². The van der Waals surface area contributed by atoms with Gasteiger partial charge in [0.05, 0.1) is 25.9 Å². The third-order valence-electron chi connectivity index (χ3n) is 3.73. The fraction of sp³-hybridized carbons (Fsp3) is 1.00. The molecule has 0 saturated carbocycles. The first-order chi connectivity index (χ1) is 9.61. The Morgan fingerprint density at radius 3 is 2.55 bits per heavy atom. The summed E-state index contributed by atoms with van der Waals surface area (Å²) in [5.41, 5.74) is 0. The second-order valence-corrected chi connectivity index (χ2v) is 6.03. The Bertz CT molecular complexity index is 231. The van der Waals surface area contributed by atoms with Gasteiger partial charge >= 0.3 is 0 Å². The molecule has 1 atom stereocenters. The SMILES string of the molecule is COCCOCC(O)CN1CCC(CNC(C)C)CC1.